The molecule has 0 saturated heterocycles. The number of nitrogens with one attached hydrogen (secondary N) is 1. The van der Waals surface area contributed by atoms with Gasteiger partial charge < -0.3 is 4.57 Å². The first-order valence-corrected chi connectivity index (χ1v) is 8.09. The highest BCUT2D eigenvalue weighted by molar-refractivity contribution is 7.99. The van der Waals surface area contributed by atoms with Crippen LogP contribution in [0.3, 0.4) is 0 Å². The van der Waals surface area contributed by atoms with Gasteiger partial charge in [0, 0.05) is 25.0 Å². The summed E-state index contributed by atoms with van der Waals surface area (Å²) in [5, 5.41) is 19.5. The fraction of sp³-hybridized carbons (Fsp3) is 0.167. The van der Waals surface area contributed by atoms with E-state index in [1.807, 2.05) is 23.7 Å². The molecule has 1 N–H and O–H groups in total. The minimum absolute atomic E-state index is 0.157. The van der Waals surface area contributed by atoms with E-state index in [0.717, 1.165) is 11.4 Å². The quantitative estimate of drug-likeness (QED) is 0.706. The number of hydrogen-bond donors (Lipinski definition) is 1. The Morgan fingerprint density at radius 3 is 2.86 bits per heavy atom. The van der Waals surface area contributed by atoms with Crippen LogP contribution in [0.25, 0.3) is 11.4 Å². The van der Waals surface area contributed by atoms with Gasteiger partial charge in [-0.25, -0.2) is 0 Å². The monoisotopic (exact) mass is 333 g/mol. The smallest absolute Gasteiger partial charge is 0.236 e. The lowest BCUT2D eigenvalue weighted by Gasteiger charge is -2.03. The van der Waals surface area contributed by atoms with Crippen molar-refractivity contribution >= 4 is 34.1 Å². The van der Waals surface area contributed by atoms with Crippen molar-refractivity contribution in [2.75, 3.05) is 11.1 Å². The lowest BCUT2D eigenvalue weighted by Crippen LogP contribution is -2.14. The molecule has 3 heterocycles. The molecule has 0 aliphatic carbocycles. The van der Waals surface area contributed by atoms with Crippen LogP contribution in [0.15, 0.2) is 35.2 Å². The standard InChI is InChI=1S/C12H11N7OS2/c1-19-10(8-2-4-13-5-3-8)16-18-12(19)21-6-9(20)15-11-17-14-7-22-11/h2-5,7H,6H2,1H3,(H,15,17,20). The predicted molar refractivity (Wildman–Crippen MR) is 83.5 cm³/mol. The highest BCUT2D eigenvalue weighted by Crippen LogP contribution is 2.22. The maximum atomic E-state index is 11.8. The summed E-state index contributed by atoms with van der Waals surface area (Å²) in [6.45, 7) is 0. The number of carbonyl (C=O) groups excluding carboxylic acids is 1. The van der Waals surface area contributed by atoms with Gasteiger partial charge in [0.15, 0.2) is 11.0 Å². The van der Waals surface area contributed by atoms with Crippen LogP contribution in [0.5, 0.6) is 0 Å². The van der Waals surface area contributed by atoms with Crippen molar-refractivity contribution in [2.45, 2.75) is 5.16 Å². The third-order valence-corrected chi connectivity index (χ3v) is 4.34. The first kappa shape index (κ1) is 14.6. The Bertz CT molecular complexity index is 757. The zero-order valence-electron chi connectivity index (χ0n) is 11.5. The van der Waals surface area contributed by atoms with Crippen molar-refractivity contribution in [3.8, 4) is 11.4 Å². The topological polar surface area (TPSA) is 98.5 Å². The number of aromatic nitrogens is 6. The van der Waals surface area contributed by atoms with Crippen molar-refractivity contribution in [3.05, 3.63) is 30.0 Å². The zero-order valence-corrected chi connectivity index (χ0v) is 13.1. The molecule has 0 radical (unpaired) electrons. The molecule has 3 aromatic heterocycles. The summed E-state index contributed by atoms with van der Waals surface area (Å²) in [7, 11) is 1.86. The SMILES string of the molecule is Cn1c(SCC(=O)Nc2nncs2)nnc1-c1ccncc1. The number of anilines is 1. The molecule has 0 bridgehead atoms. The molecule has 0 aliphatic rings. The first-order chi connectivity index (χ1) is 10.7. The maximum absolute atomic E-state index is 11.8. The van der Waals surface area contributed by atoms with Crippen LogP contribution in [0.2, 0.25) is 0 Å². The van der Waals surface area contributed by atoms with E-state index in [0.29, 0.717) is 10.3 Å². The predicted octanol–water partition coefficient (Wildman–Crippen LogP) is 1.46. The van der Waals surface area contributed by atoms with Crippen molar-refractivity contribution in [1.82, 2.24) is 29.9 Å². The average molecular weight is 333 g/mol. The summed E-state index contributed by atoms with van der Waals surface area (Å²) in [6.07, 6.45) is 3.40. The van der Waals surface area contributed by atoms with Crippen molar-refractivity contribution in [1.29, 1.82) is 0 Å². The molecule has 3 aromatic rings. The van der Waals surface area contributed by atoms with Crippen molar-refractivity contribution in [3.63, 3.8) is 0 Å². The van der Waals surface area contributed by atoms with Gasteiger partial charge in [0.25, 0.3) is 0 Å². The van der Waals surface area contributed by atoms with Crippen LogP contribution >= 0.6 is 23.1 Å². The largest absolute Gasteiger partial charge is 0.305 e. The molecular weight excluding hydrogens is 322 g/mol. The van der Waals surface area contributed by atoms with E-state index in [2.05, 4.69) is 30.7 Å². The molecule has 22 heavy (non-hydrogen) atoms. The lowest BCUT2D eigenvalue weighted by atomic mass is 10.2. The Hall–Kier alpha value is -2.33. The van der Waals surface area contributed by atoms with Gasteiger partial charge in [0.05, 0.1) is 5.75 Å². The Kier molecular flexibility index (Phi) is 4.39. The van der Waals surface area contributed by atoms with Crippen LogP contribution in [0.1, 0.15) is 0 Å². The highest BCUT2D eigenvalue weighted by Gasteiger charge is 2.13. The fourth-order valence-electron chi connectivity index (χ4n) is 1.71. The molecule has 0 unspecified atom stereocenters. The van der Waals surface area contributed by atoms with Gasteiger partial charge >= 0.3 is 0 Å². The Morgan fingerprint density at radius 1 is 1.32 bits per heavy atom. The summed E-state index contributed by atoms with van der Waals surface area (Å²) >= 11 is 2.59. The van der Waals surface area contributed by atoms with Gasteiger partial charge in [-0.2, -0.15) is 0 Å². The molecule has 0 aromatic carbocycles. The summed E-state index contributed by atoms with van der Waals surface area (Å²) < 4.78 is 1.85. The summed E-state index contributed by atoms with van der Waals surface area (Å²) in [5.41, 5.74) is 2.49. The van der Waals surface area contributed by atoms with E-state index in [1.165, 1.54) is 23.1 Å². The minimum Gasteiger partial charge on any atom is -0.305 e. The second-order valence-corrected chi connectivity index (χ2v) is 5.96. The number of rotatable bonds is 5. The molecule has 0 saturated carbocycles. The molecule has 8 nitrogen and oxygen atoms in total. The van der Waals surface area contributed by atoms with E-state index in [9.17, 15) is 4.79 Å². The van der Waals surface area contributed by atoms with E-state index in [1.54, 1.807) is 17.9 Å². The molecule has 0 aliphatic heterocycles. The molecular formula is C12H11N7OS2. The van der Waals surface area contributed by atoms with Crippen LogP contribution in [-0.2, 0) is 11.8 Å². The number of pyridine rings is 1. The Morgan fingerprint density at radius 2 is 2.14 bits per heavy atom. The summed E-state index contributed by atoms with van der Waals surface area (Å²) in [5.74, 6) is 0.798. The van der Waals surface area contributed by atoms with Gasteiger partial charge in [0.2, 0.25) is 11.0 Å². The van der Waals surface area contributed by atoms with Gasteiger partial charge in [-0.1, -0.05) is 23.1 Å². The Labute approximate surface area is 134 Å². The maximum Gasteiger partial charge on any atom is 0.236 e. The van der Waals surface area contributed by atoms with Crippen molar-refractivity contribution < 1.29 is 4.79 Å². The first-order valence-electron chi connectivity index (χ1n) is 6.22. The third kappa shape index (κ3) is 3.28. The van der Waals surface area contributed by atoms with E-state index in [4.69, 9.17) is 0 Å². The van der Waals surface area contributed by atoms with Gasteiger partial charge in [-0.15, -0.1) is 20.4 Å². The third-order valence-electron chi connectivity index (χ3n) is 2.71. The lowest BCUT2D eigenvalue weighted by molar-refractivity contribution is -0.113. The average Bonchev–Trinajstić information content (AvgIpc) is 3.16. The van der Waals surface area contributed by atoms with Crippen molar-refractivity contribution in [2.24, 2.45) is 7.05 Å². The Balaban J connectivity index is 1.64. The number of hydrogen-bond acceptors (Lipinski definition) is 8. The molecule has 112 valence electrons. The summed E-state index contributed by atoms with van der Waals surface area (Å²) in [4.78, 5) is 15.8. The van der Waals surface area contributed by atoms with Gasteiger partial charge in [0.1, 0.15) is 5.51 Å². The normalized spacial score (nSPS) is 10.6. The fourth-order valence-corrected chi connectivity index (χ4v) is 2.88. The van der Waals surface area contributed by atoms with Crippen LogP contribution in [0, 0.1) is 0 Å². The van der Waals surface area contributed by atoms with Gasteiger partial charge in [-0.3, -0.25) is 15.1 Å². The van der Waals surface area contributed by atoms with Crippen LogP contribution < -0.4 is 5.32 Å². The number of carbonyl (C=O) groups is 1. The number of amides is 1. The van der Waals surface area contributed by atoms with Gasteiger partial charge in [-0.05, 0) is 12.1 Å². The molecule has 0 spiro atoms. The molecule has 0 atom stereocenters. The van der Waals surface area contributed by atoms with E-state index in [-0.39, 0.29) is 11.7 Å². The van der Waals surface area contributed by atoms with Crippen LogP contribution in [0.4, 0.5) is 5.13 Å². The molecule has 0 fully saturated rings. The second-order valence-electron chi connectivity index (χ2n) is 4.18. The molecule has 3 rings (SSSR count). The highest BCUT2D eigenvalue weighted by atomic mass is 32.2. The zero-order chi connectivity index (χ0) is 15.4. The summed E-state index contributed by atoms with van der Waals surface area (Å²) in [6, 6.07) is 3.72. The number of thioether (sulfide) groups is 1. The van der Waals surface area contributed by atoms with E-state index >= 15 is 0 Å². The van der Waals surface area contributed by atoms with Crippen LogP contribution in [-0.4, -0.2) is 41.6 Å². The molecule has 10 heteroatoms. The number of nitrogens with zero attached hydrogens (tertiary/aromatic N) is 6. The molecule has 1 amide bonds. The van der Waals surface area contributed by atoms with E-state index < -0.39 is 0 Å². The minimum atomic E-state index is -0.157. The second kappa shape index (κ2) is 6.62.